The van der Waals surface area contributed by atoms with E-state index >= 15 is 0 Å². The number of benzene rings is 1. The maximum Gasteiger partial charge on any atom is 0.241 e. The molecule has 2 unspecified atom stereocenters. The number of nitrogens with one attached hydrogen (secondary N) is 1. The van der Waals surface area contributed by atoms with E-state index in [1.165, 1.54) is 6.07 Å². The Morgan fingerprint density at radius 2 is 1.95 bits per heavy atom. The van der Waals surface area contributed by atoms with Gasteiger partial charge in [0.1, 0.15) is 0 Å². The van der Waals surface area contributed by atoms with E-state index in [1.807, 2.05) is 6.92 Å². The van der Waals surface area contributed by atoms with Crippen LogP contribution < -0.4 is 4.72 Å². The van der Waals surface area contributed by atoms with E-state index in [0.717, 1.165) is 12.8 Å². The van der Waals surface area contributed by atoms with Crippen LogP contribution in [0.3, 0.4) is 0 Å². The van der Waals surface area contributed by atoms with E-state index in [9.17, 15) is 8.42 Å². The summed E-state index contributed by atoms with van der Waals surface area (Å²) in [5.74, 6) is 0.484. The highest BCUT2D eigenvalue weighted by molar-refractivity contribution is 7.89. The second kappa shape index (κ2) is 7.20. The third kappa shape index (κ3) is 4.58. The lowest BCUT2D eigenvalue weighted by atomic mass is 10.0. The lowest BCUT2D eigenvalue weighted by Gasteiger charge is -2.18. The van der Waals surface area contributed by atoms with Crippen molar-refractivity contribution in [3.05, 3.63) is 29.3 Å². The molecule has 1 aromatic rings. The molecule has 0 aliphatic rings. The molecule has 114 valence electrons. The van der Waals surface area contributed by atoms with Gasteiger partial charge in [-0.15, -0.1) is 0 Å². The van der Waals surface area contributed by atoms with Gasteiger partial charge in [0.05, 0.1) is 11.5 Å². The monoisotopic (exact) mass is 299 g/mol. The SMILES string of the molecule is CCC(C)CC(C)NS(=O)(=O)c1cc(CO)ccc1C. The Morgan fingerprint density at radius 1 is 1.30 bits per heavy atom. The summed E-state index contributed by atoms with van der Waals surface area (Å²) < 4.78 is 27.5. The molecule has 5 heteroatoms. The fraction of sp³-hybridized carbons (Fsp3) is 0.600. The normalized spacial score (nSPS) is 15.1. The molecule has 0 aliphatic heterocycles. The second-order valence-corrected chi connectivity index (χ2v) is 7.21. The summed E-state index contributed by atoms with van der Waals surface area (Å²) in [5.41, 5.74) is 1.29. The molecule has 0 amide bonds. The van der Waals surface area contributed by atoms with E-state index in [1.54, 1.807) is 19.1 Å². The van der Waals surface area contributed by atoms with Crippen molar-refractivity contribution in [2.75, 3.05) is 0 Å². The molecule has 2 N–H and O–H groups in total. The van der Waals surface area contributed by atoms with E-state index in [2.05, 4.69) is 18.6 Å². The molecule has 2 atom stereocenters. The van der Waals surface area contributed by atoms with Crippen LogP contribution in [0, 0.1) is 12.8 Å². The molecule has 0 saturated carbocycles. The van der Waals surface area contributed by atoms with Crippen molar-refractivity contribution in [1.29, 1.82) is 0 Å². The number of aliphatic hydroxyl groups excluding tert-OH is 1. The van der Waals surface area contributed by atoms with Gasteiger partial charge in [-0.25, -0.2) is 13.1 Å². The molecule has 0 saturated heterocycles. The summed E-state index contributed by atoms with van der Waals surface area (Å²) in [6.07, 6.45) is 1.85. The Kier molecular flexibility index (Phi) is 6.17. The average Bonchev–Trinajstić information content (AvgIpc) is 2.38. The van der Waals surface area contributed by atoms with Crippen molar-refractivity contribution in [3.8, 4) is 0 Å². The summed E-state index contributed by atoms with van der Waals surface area (Å²) in [6, 6.07) is 4.89. The largest absolute Gasteiger partial charge is 0.392 e. The predicted molar refractivity (Wildman–Crippen MR) is 81.0 cm³/mol. The van der Waals surface area contributed by atoms with Gasteiger partial charge in [-0.3, -0.25) is 0 Å². The number of aliphatic hydroxyl groups is 1. The van der Waals surface area contributed by atoms with Crippen LogP contribution in [0.15, 0.2) is 23.1 Å². The molecule has 20 heavy (non-hydrogen) atoms. The highest BCUT2D eigenvalue weighted by Gasteiger charge is 2.20. The zero-order chi connectivity index (χ0) is 15.3. The molecular formula is C15H25NO3S. The second-order valence-electron chi connectivity index (χ2n) is 5.53. The first-order valence-corrected chi connectivity index (χ1v) is 8.51. The highest BCUT2D eigenvalue weighted by Crippen LogP contribution is 2.19. The van der Waals surface area contributed by atoms with Gasteiger partial charge in [0, 0.05) is 6.04 Å². The van der Waals surface area contributed by atoms with Crippen LogP contribution in [-0.4, -0.2) is 19.6 Å². The Bertz CT molecular complexity index is 540. The summed E-state index contributed by atoms with van der Waals surface area (Å²) in [5, 5.41) is 9.14. The molecular weight excluding hydrogens is 274 g/mol. The van der Waals surface area contributed by atoms with Gasteiger partial charge in [-0.1, -0.05) is 32.4 Å². The summed E-state index contributed by atoms with van der Waals surface area (Å²) >= 11 is 0. The van der Waals surface area contributed by atoms with Gasteiger partial charge in [0.25, 0.3) is 0 Å². The maximum atomic E-state index is 12.4. The molecule has 1 aromatic carbocycles. The molecule has 0 aromatic heterocycles. The Labute approximate surface area is 122 Å². The number of hydrogen-bond acceptors (Lipinski definition) is 3. The smallest absolute Gasteiger partial charge is 0.241 e. The molecule has 0 spiro atoms. The van der Waals surface area contributed by atoms with Gasteiger partial charge in [0.2, 0.25) is 10.0 Å². The van der Waals surface area contributed by atoms with Crippen molar-refractivity contribution in [1.82, 2.24) is 4.72 Å². The Hall–Kier alpha value is -0.910. The average molecular weight is 299 g/mol. The molecule has 0 radical (unpaired) electrons. The Morgan fingerprint density at radius 3 is 2.50 bits per heavy atom. The standard InChI is InChI=1S/C15H25NO3S/c1-5-11(2)8-13(4)16-20(18,19)15-9-14(10-17)7-6-12(15)3/h6-7,9,11,13,16-17H,5,8,10H2,1-4H3. The van der Waals surface area contributed by atoms with Gasteiger partial charge in [0.15, 0.2) is 0 Å². The lowest BCUT2D eigenvalue weighted by Crippen LogP contribution is -2.34. The number of sulfonamides is 1. The topological polar surface area (TPSA) is 66.4 Å². The summed E-state index contributed by atoms with van der Waals surface area (Å²) in [7, 11) is -3.54. The van der Waals surface area contributed by atoms with Crippen molar-refractivity contribution >= 4 is 10.0 Å². The van der Waals surface area contributed by atoms with Crippen LogP contribution in [0.4, 0.5) is 0 Å². The van der Waals surface area contributed by atoms with Crippen molar-refractivity contribution in [2.45, 2.75) is 58.1 Å². The predicted octanol–water partition coefficient (Wildman–Crippen LogP) is 2.59. The van der Waals surface area contributed by atoms with Crippen molar-refractivity contribution in [3.63, 3.8) is 0 Å². The zero-order valence-electron chi connectivity index (χ0n) is 12.7. The van der Waals surface area contributed by atoms with Gasteiger partial charge >= 0.3 is 0 Å². The van der Waals surface area contributed by atoms with Gasteiger partial charge in [-0.2, -0.15) is 0 Å². The number of rotatable bonds is 7. The van der Waals surface area contributed by atoms with Gasteiger partial charge < -0.3 is 5.11 Å². The van der Waals surface area contributed by atoms with Crippen LogP contribution in [0.1, 0.15) is 44.7 Å². The van der Waals surface area contributed by atoms with Crippen LogP contribution in [0.25, 0.3) is 0 Å². The maximum absolute atomic E-state index is 12.4. The van der Waals surface area contributed by atoms with Crippen LogP contribution in [0.2, 0.25) is 0 Å². The van der Waals surface area contributed by atoms with E-state index in [0.29, 0.717) is 17.0 Å². The number of aryl methyl sites for hydroxylation is 1. The minimum absolute atomic E-state index is 0.105. The van der Waals surface area contributed by atoms with Crippen LogP contribution in [0.5, 0.6) is 0 Å². The minimum atomic E-state index is -3.54. The molecule has 1 rings (SSSR count). The molecule has 4 nitrogen and oxygen atoms in total. The fourth-order valence-corrected chi connectivity index (χ4v) is 3.73. The summed E-state index contributed by atoms with van der Waals surface area (Å²) in [4.78, 5) is 0.250. The molecule has 0 fully saturated rings. The van der Waals surface area contributed by atoms with Crippen molar-refractivity contribution < 1.29 is 13.5 Å². The first kappa shape index (κ1) is 17.1. The third-order valence-electron chi connectivity index (χ3n) is 3.53. The van der Waals surface area contributed by atoms with E-state index in [4.69, 9.17) is 5.11 Å². The van der Waals surface area contributed by atoms with Gasteiger partial charge in [-0.05, 0) is 43.4 Å². The fourth-order valence-electron chi connectivity index (χ4n) is 2.18. The summed E-state index contributed by atoms with van der Waals surface area (Å²) in [6.45, 7) is 7.69. The van der Waals surface area contributed by atoms with E-state index in [-0.39, 0.29) is 17.5 Å². The van der Waals surface area contributed by atoms with Crippen LogP contribution in [-0.2, 0) is 16.6 Å². The first-order valence-electron chi connectivity index (χ1n) is 7.02. The third-order valence-corrected chi connectivity index (χ3v) is 5.27. The van der Waals surface area contributed by atoms with Crippen LogP contribution >= 0.6 is 0 Å². The minimum Gasteiger partial charge on any atom is -0.392 e. The zero-order valence-corrected chi connectivity index (χ0v) is 13.5. The van der Waals surface area contributed by atoms with E-state index < -0.39 is 10.0 Å². The first-order chi connectivity index (χ1) is 9.30. The number of hydrogen-bond donors (Lipinski definition) is 2. The quantitative estimate of drug-likeness (QED) is 0.813. The van der Waals surface area contributed by atoms with Crippen molar-refractivity contribution in [2.24, 2.45) is 5.92 Å². The highest BCUT2D eigenvalue weighted by atomic mass is 32.2. The molecule has 0 heterocycles. The Balaban J connectivity index is 2.93. The molecule has 0 bridgehead atoms. The lowest BCUT2D eigenvalue weighted by molar-refractivity contribution is 0.281. The molecule has 0 aliphatic carbocycles.